The van der Waals surface area contributed by atoms with Gasteiger partial charge >= 0.3 is 0 Å². The molecule has 1 aromatic carbocycles. The molecule has 0 amide bonds. The summed E-state index contributed by atoms with van der Waals surface area (Å²) in [5.74, 6) is 3.12. The number of unbranched alkanes of at least 4 members (excludes halogenated alkanes) is 1. The third kappa shape index (κ3) is 3.31. The number of nitrogen functional groups attached to an aromatic ring is 1. The Balaban J connectivity index is 2.44. The Morgan fingerprint density at radius 3 is 2.93 bits per heavy atom. The molecule has 0 spiro atoms. The third-order valence-electron chi connectivity index (χ3n) is 1.71. The summed E-state index contributed by atoms with van der Waals surface area (Å²) in [4.78, 5) is 0.897. The highest BCUT2D eigenvalue weighted by Gasteiger charge is 1.99. The van der Waals surface area contributed by atoms with Crippen molar-refractivity contribution < 1.29 is 4.39 Å². The Labute approximate surface area is 87.9 Å². The van der Waals surface area contributed by atoms with Gasteiger partial charge in [-0.1, -0.05) is 0 Å². The average Bonchev–Trinajstić information content (AvgIpc) is 2.18. The number of benzene rings is 1. The molecule has 2 N–H and O–H groups in total. The smallest absolute Gasteiger partial charge is 0.147 e. The van der Waals surface area contributed by atoms with Crippen LogP contribution >= 0.6 is 11.8 Å². The SMILES string of the molecule is C#CCCCSc1ccc(N)c(F)c1. The number of halogens is 1. The molecule has 0 bridgehead atoms. The number of nitrogens with two attached hydrogens (primary N) is 1. The van der Waals surface area contributed by atoms with Crippen molar-refractivity contribution in [2.24, 2.45) is 0 Å². The molecule has 0 unspecified atom stereocenters. The lowest BCUT2D eigenvalue weighted by atomic mass is 10.3. The van der Waals surface area contributed by atoms with Crippen LogP contribution in [0.25, 0.3) is 0 Å². The normalized spacial score (nSPS) is 9.71. The standard InChI is InChI=1S/C11H12FNS/c1-2-3-4-7-14-9-5-6-11(13)10(12)8-9/h1,5-6,8H,3-4,7,13H2. The van der Waals surface area contributed by atoms with Gasteiger partial charge in [-0.15, -0.1) is 24.1 Å². The summed E-state index contributed by atoms with van der Waals surface area (Å²) in [5, 5.41) is 0. The van der Waals surface area contributed by atoms with E-state index in [1.165, 1.54) is 6.07 Å². The first kappa shape index (κ1) is 10.9. The Morgan fingerprint density at radius 1 is 1.50 bits per heavy atom. The van der Waals surface area contributed by atoms with Gasteiger partial charge < -0.3 is 5.73 Å². The van der Waals surface area contributed by atoms with Crippen molar-refractivity contribution in [2.45, 2.75) is 17.7 Å². The van der Waals surface area contributed by atoms with Crippen molar-refractivity contribution >= 4 is 17.4 Å². The van der Waals surface area contributed by atoms with E-state index in [-0.39, 0.29) is 11.5 Å². The highest BCUT2D eigenvalue weighted by atomic mass is 32.2. The summed E-state index contributed by atoms with van der Waals surface area (Å²) in [7, 11) is 0. The maximum absolute atomic E-state index is 13.0. The van der Waals surface area contributed by atoms with Gasteiger partial charge in [-0.25, -0.2) is 4.39 Å². The van der Waals surface area contributed by atoms with Crippen LogP contribution in [0.5, 0.6) is 0 Å². The fraction of sp³-hybridized carbons (Fsp3) is 0.273. The topological polar surface area (TPSA) is 26.0 Å². The second kappa shape index (κ2) is 5.56. The Kier molecular flexibility index (Phi) is 4.34. The van der Waals surface area contributed by atoms with Crippen LogP contribution in [-0.4, -0.2) is 5.75 Å². The fourth-order valence-electron chi connectivity index (χ4n) is 0.962. The number of thioether (sulfide) groups is 1. The van der Waals surface area contributed by atoms with Gasteiger partial charge in [0.05, 0.1) is 5.69 Å². The number of terminal acetylenes is 1. The molecule has 14 heavy (non-hydrogen) atoms. The number of rotatable bonds is 4. The predicted octanol–water partition coefficient (Wildman–Crippen LogP) is 2.91. The van der Waals surface area contributed by atoms with Gasteiger partial charge in [-0.05, 0) is 30.4 Å². The molecule has 74 valence electrons. The molecule has 0 aliphatic heterocycles. The largest absolute Gasteiger partial charge is 0.396 e. The minimum Gasteiger partial charge on any atom is -0.396 e. The molecule has 1 aromatic rings. The number of hydrogen-bond acceptors (Lipinski definition) is 2. The van der Waals surface area contributed by atoms with Gasteiger partial charge in [0.1, 0.15) is 5.82 Å². The van der Waals surface area contributed by atoms with Crippen LogP contribution in [0, 0.1) is 18.2 Å². The second-order valence-electron chi connectivity index (χ2n) is 2.84. The van der Waals surface area contributed by atoms with Crippen LogP contribution in [0.3, 0.4) is 0 Å². The highest BCUT2D eigenvalue weighted by molar-refractivity contribution is 7.99. The van der Waals surface area contributed by atoms with Gasteiger partial charge in [0.15, 0.2) is 0 Å². The van der Waals surface area contributed by atoms with Crippen molar-refractivity contribution in [1.82, 2.24) is 0 Å². The molecule has 0 aliphatic carbocycles. The third-order valence-corrected chi connectivity index (χ3v) is 2.79. The van der Waals surface area contributed by atoms with Crippen LogP contribution in [0.15, 0.2) is 23.1 Å². The van der Waals surface area contributed by atoms with E-state index >= 15 is 0 Å². The van der Waals surface area contributed by atoms with Crippen LogP contribution in [0.1, 0.15) is 12.8 Å². The molecule has 0 saturated heterocycles. The molecule has 0 saturated carbocycles. The van der Waals surface area contributed by atoms with Gasteiger partial charge in [0.2, 0.25) is 0 Å². The molecule has 1 nitrogen and oxygen atoms in total. The van der Waals surface area contributed by atoms with Crippen molar-refractivity contribution in [2.75, 3.05) is 11.5 Å². The Morgan fingerprint density at radius 2 is 2.29 bits per heavy atom. The zero-order valence-corrected chi connectivity index (χ0v) is 8.61. The second-order valence-corrected chi connectivity index (χ2v) is 4.01. The first-order valence-electron chi connectivity index (χ1n) is 4.35. The van der Waals surface area contributed by atoms with Crippen molar-refractivity contribution in [3.05, 3.63) is 24.0 Å². The van der Waals surface area contributed by atoms with Crippen LogP contribution < -0.4 is 5.73 Å². The van der Waals surface area contributed by atoms with E-state index < -0.39 is 0 Å². The zero-order valence-electron chi connectivity index (χ0n) is 7.79. The summed E-state index contributed by atoms with van der Waals surface area (Å²) in [6.07, 6.45) is 6.84. The molecule has 1 rings (SSSR count). The highest BCUT2D eigenvalue weighted by Crippen LogP contribution is 2.22. The van der Waals surface area contributed by atoms with Crippen molar-refractivity contribution in [3.63, 3.8) is 0 Å². The zero-order chi connectivity index (χ0) is 10.4. The summed E-state index contributed by atoms with van der Waals surface area (Å²) in [5.41, 5.74) is 5.55. The number of anilines is 1. The molecular weight excluding hydrogens is 197 g/mol. The summed E-state index contributed by atoms with van der Waals surface area (Å²) in [6, 6.07) is 4.85. The number of hydrogen-bond donors (Lipinski definition) is 1. The van der Waals surface area contributed by atoms with E-state index in [4.69, 9.17) is 12.2 Å². The van der Waals surface area contributed by atoms with Gasteiger partial charge in [-0.3, -0.25) is 0 Å². The van der Waals surface area contributed by atoms with Crippen LogP contribution in [0.4, 0.5) is 10.1 Å². The molecule has 0 aliphatic rings. The quantitative estimate of drug-likeness (QED) is 0.357. The molecule has 0 fully saturated rings. The lowest BCUT2D eigenvalue weighted by Gasteiger charge is -2.01. The minimum absolute atomic E-state index is 0.193. The van der Waals surface area contributed by atoms with E-state index in [2.05, 4.69) is 5.92 Å². The lowest BCUT2D eigenvalue weighted by Crippen LogP contribution is -1.90. The van der Waals surface area contributed by atoms with Crippen LogP contribution in [-0.2, 0) is 0 Å². The van der Waals surface area contributed by atoms with E-state index in [1.54, 1.807) is 17.8 Å². The minimum atomic E-state index is -0.355. The first-order valence-corrected chi connectivity index (χ1v) is 5.34. The van der Waals surface area contributed by atoms with Crippen molar-refractivity contribution in [1.29, 1.82) is 0 Å². The average molecular weight is 209 g/mol. The molecular formula is C11H12FNS. The van der Waals surface area contributed by atoms with E-state index in [9.17, 15) is 4.39 Å². The van der Waals surface area contributed by atoms with Gasteiger partial charge in [0.25, 0.3) is 0 Å². The molecule has 3 heteroatoms. The van der Waals surface area contributed by atoms with E-state index in [1.807, 2.05) is 6.07 Å². The summed E-state index contributed by atoms with van der Waals surface area (Å²) in [6.45, 7) is 0. The first-order chi connectivity index (χ1) is 6.74. The van der Waals surface area contributed by atoms with Crippen molar-refractivity contribution in [3.8, 4) is 12.3 Å². The molecule has 0 aromatic heterocycles. The maximum atomic E-state index is 13.0. The lowest BCUT2D eigenvalue weighted by molar-refractivity contribution is 0.629. The molecule has 0 heterocycles. The monoisotopic (exact) mass is 209 g/mol. The predicted molar refractivity (Wildman–Crippen MR) is 59.6 cm³/mol. The molecule has 0 atom stereocenters. The maximum Gasteiger partial charge on any atom is 0.147 e. The summed E-state index contributed by atoms with van der Waals surface area (Å²) < 4.78 is 13.0. The van der Waals surface area contributed by atoms with Crippen LogP contribution in [0.2, 0.25) is 0 Å². The fourth-order valence-corrected chi connectivity index (χ4v) is 1.84. The Hall–Kier alpha value is -1.14. The van der Waals surface area contributed by atoms with E-state index in [0.717, 1.165) is 23.5 Å². The Bertz CT molecular complexity index is 344. The van der Waals surface area contributed by atoms with Gasteiger partial charge in [0, 0.05) is 11.3 Å². The molecule has 0 radical (unpaired) electrons. The van der Waals surface area contributed by atoms with Gasteiger partial charge in [-0.2, -0.15) is 0 Å². The van der Waals surface area contributed by atoms with E-state index in [0.29, 0.717) is 0 Å². The summed E-state index contributed by atoms with van der Waals surface area (Å²) >= 11 is 1.59.